The summed E-state index contributed by atoms with van der Waals surface area (Å²) in [5.41, 5.74) is 3.06. The van der Waals surface area contributed by atoms with Gasteiger partial charge in [-0.25, -0.2) is 4.79 Å². The van der Waals surface area contributed by atoms with Gasteiger partial charge in [0.1, 0.15) is 30.0 Å². The van der Waals surface area contributed by atoms with Crippen molar-refractivity contribution in [2.24, 2.45) is 5.16 Å². The Kier molecular flexibility index (Phi) is 8.44. The van der Waals surface area contributed by atoms with E-state index in [1.165, 1.54) is 19.1 Å². The lowest BCUT2D eigenvalue weighted by molar-refractivity contribution is 0.0238. The van der Waals surface area contributed by atoms with E-state index in [-0.39, 0.29) is 11.8 Å². The molecule has 1 aliphatic heterocycles. The van der Waals surface area contributed by atoms with E-state index in [0.29, 0.717) is 47.4 Å². The van der Waals surface area contributed by atoms with Crippen LogP contribution in [-0.2, 0) is 29.2 Å². The number of fused-ring (bicyclic) bond motifs is 1. The van der Waals surface area contributed by atoms with Gasteiger partial charge in [0.15, 0.2) is 5.84 Å². The van der Waals surface area contributed by atoms with Crippen molar-refractivity contribution >= 4 is 23.9 Å². The van der Waals surface area contributed by atoms with Gasteiger partial charge in [-0.1, -0.05) is 11.2 Å². The Bertz CT molecular complexity index is 1370. The Morgan fingerprint density at radius 2 is 1.87 bits per heavy atom. The summed E-state index contributed by atoms with van der Waals surface area (Å²) in [6, 6.07) is 10.6. The molecule has 0 saturated heterocycles. The maximum absolute atomic E-state index is 12.5. The summed E-state index contributed by atoms with van der Waals surface area (Å²) < 4.78 is 21.6. The number of benzene rings is 2. The third-order valence-electron chi connectivity index (χ3n) is 5.83. The Morgan fingerprint density at radius 1 is 1.10 bits per heavy atom. The first-order chi connectivity index (χ1) is 18.6. The summed E-state index contributed by atoms with van der Waals surface area (Å²) >= 11 is 1.22. The molecule has 11 nitrogen and oxygen atoms in total. The number of hydrogen-bond donors (Lipinski definition) is 2. The number of amides is 1. The monoisotopic (exact) mass is 555 g/mol. The van der Waals surface area contributed by atoms with Crippen LogP contribution in [0, 0.1) is 0 Å². The Hall–Kier alpha value is -4.06. The van der Waals surface area contributed by atoms with Crippen molar-refractivity contribution in [2.45, 2.75) is 50.9 Å². The van der Waals surface area contributed by atoms with Crippen LogP contribution in [-0.4, -0.2) is 58.6 Å². The van der Waals surface area contributed by atoms with Gasteiger partial charge in [-0.15, -0.1) is 0 Å². The first kappa shape index (κ1) is 28.0. The molecule has 39 heavy (non-hydrogen) atoms. The van der Waals surface area contributed by atoms with Crippen LogP contribution in [0.15, 0.2) is 52.6 Å². The van der Waals surface area contributed by atoms with Crippen molar-refractivity contribution in [1.82, 2.24) is 19.4 Å². The fourth-order valence-corrected chi connectivity index (χ4v) is 4.85. The number of rotatable bonds is 8. The summed E-state index contributed by atoms with van der Waals surface area (Å²) in [5.74, 6) is 1.72. The predicted molar refractivity (Wildman–Crippen MR) is 147 cm³/mol. The van der Waals surface area contributed by atoms with E-state index in [0.717, 1.165) is 16.8 Å². The fourth-order valence-electron chi connectivity index (χ4n) is 4.06. The van der Waals surface area contributed by atoms with Crippen molar-refractivity contribution in [3.8, 4) is 17.2 Å². The highest BCUT2D eigenvalue weighted by Gasteiger charge is 2.30. The van der Waals surface area contributed by atoms with E-state index >= 15 is 0 Å². The first-order valence-electron chi connectivity index (χ1n) is 12.2. The van der Waals surface area contributed by atoms with Crippen LogP contribution < -0.4 is 14.2 Å². The van der Waals surface area contributed by atoms with Crippen LogP contribution in [0.4, 0.5) is 4.79 Å². The molecule has 0 bridgehead atoms. The molecule has 4 rings (SSSR count). The van der Waals surface area contributed by atoms with Gasteiger partial charge in [0.25, 0.3) is 0 Å². The molecule has 1 amide bonds. The Morgan fingerprint density at radius 3 is 2.56 bits per heavy atom. The molecular formula is C27H33N5O6S. The molecule has 3 aromatic rings. The molecule has 0 unspecified atom stereocenters. The second-order valence-electron chi connectivity index (χ2n) is 9.81. The summed E-state index contributed by atoms with van der Waals surface area (Å²) in [5, 5.41) is 18.5. The van der Waals surface area contributed by atoms with Gasteiger partial charge in [0.2, 0.25) is 0 Å². The maximum atomic E-state index is 12.5. The highest BCUT2D eigenvalue weighted by Crippen LogP contribution is 2.32. The summed E-state index contributed by atoms with van der Waals surface area (Å²) in [4.78, 5) is 20.0. The number of amidine groups is 1. The maximum Gasteiger partial charge on any atom is 0.410 e. The summed E-state index contributed by atoms with van der Waals surface area (Å²) in [6.07, 6.45) is 1.46. The van der Waals surface area contributed by atoms with E-state index < -0.39 is 5.60 Å². The van der Waals surface area contributed by atoms with Crippen molar-refractivity contribution in [3.05, 3.63) is 65.0 Å². The average molecular weight is 556 g/mol. The van der Waals surface area contributed by atoms with E-state index in [9.17, 15) is 9.90 Å². The first-order valence-corrected chi connectivity index (χ1v) is 13.0. The van der Waals surface area contributed by atoms with Gasteiger partial charge in [-0.05, 0) is 68.6 Å². The van der Waals surface area contributed by atoms with Gasteiger partial charge >= 0.3 is 6.09 Å². The number of aromatic hydroxyl groups is 1. The number of carbonyl (C=O) groups is 1. The van der Waals surface area contributed by atoms with E-state index in [4.69, 9.17) is 19.0 Å². The molecule has 0 spiro atoms. The van der Waals surface area contributed by atoms with E-state index in [1.807, 2.05) is 43.7 Å². The largest absolute Gasteiger partial charge is 0.508 e. The molecule has 2 aromatic carbocycles. The van der Waals surface area contributed by atoms with Gasteiger partial charge < -0.3 is 28.9 Å². The normalized spacial score (nSPS) is 13.2. The molecule has 1 aromatic heterocycles. The second-order valence-corrected chi connectivity index (χ2v) is 10.7. The van der Waals surface area contributed by atoms with Crippen LogP contribution in [0.3, 0.4) is 0 Å². The summed E-state index contributed by atoms with van der Waals surface area (Å²) in [7, 11) is 4.61. The molecule has 0 radical (unpaired) electrons. The van der Waals surface area contributed by atoms with Gasteiger partial charge in [0, 0.05) is 5.56 Å². The molecule has 12 heteroatoms. The zero-order chi connectivity index (χ0) is 28.2. The number of aromatic nitrogens is 2. The number of oxime groups is 1. The van der Waals surface area contributed by atoms with Crippen molar-refractivity contribution in [3.63, 3.8) is 0 Å². The highest BCUT2D eigenvalue weighted by molar-refractivity contribution is 7.98. The zero-order valence-corrected chi connectivity index (χ0v) is 23.7. The van der Waals surface area contributed by atoms with Crippen LogP contribution >= 0.6 is 11.9 Å². The third kappa shape index (κ3) is 6.69. The lowest BCUT2D eigenvalue weighted by atomic mass is 10.1. The predicted octanol–water partition coefficient (Wildman–Crippen LogP) is 4.51. The second kappa shape index (κ2) is 11.8. The molecule has 2 heterocycles. The third-order valence-corrected chi connectivity index (χ3v) is 6.66. The minimum absolute atomic E-state index is 0.117. The fraction of sp³-hybridized carbons (Fsp3) is 0.370. The molecule has 208 valence electrons. The van der Waals surface area contributed by atoms with Crippen LogP contribution in [0.5, 0.6) is 17.2 Å². The number of hydrogen-bond acceptors (Lipinski definition) is 9. The molecular weight excluding hydrogens is 522 g/mol. The van der Waals surface area contributed by atoms with Crippen molar-refractivity contribution in [1.29, 1.82) is 0 Å². The van der Waals surface area contributed by atoms with Crippen molar-refractivity contribution in [2.75, 3.05) is 21.3 Å². The molecule has 2 N–H and O–H groups in total. The minimum Gasteiger partial charge on any atom is -0.508 e. The van der Waals surface area contributed by atoms with Gasteiger partial charge in [-0.2, -0.15) is 5.10 Å². The van der Waals surface area contributed by atoms with Crippen LogP contribution in [0.2, 0.25) is 0 Å². The SMILES string of the molecule is CO/N=C(/NSc1cc(O)ccc1OC)c1ccc(Cn2ncc3c2CN(C(=O)OC(C)(C)C)C3)cc1OC. The molecule has 0 aliphatic carbocycles. The highest BCUT2D eigenvalue weighted by atomic mass is 32.2. The van der Waals surface area contributed by atoms with E-state index in [1.54, 1.807) is 43.5 Å². The number of nitrogens with one attached hydrogen (secondary N) is 1. The number of phenols is 1. The lowest BCUT2D eigenvalue weighted by Crippen LogP contribution is -2.33. The minimum atomic E-state index is -0.552. The molecule has 1 aliphatic rings. The van der Waals surface area contributed by atoms with Gasteiger partial charge in [0.05, 0.1) is 56.2 Å². The molecule has 0 atom stereocenters. The van der Waals surface area contributed by atoms with E-state index in [2.05, 4.69) is 15.0 Å². The smallest absolute Gasteiger partial charge is 0.410 e. The molecule has 0 saturated carbocycles. The number of methoxy groups -OCH3 is 2. The van der Waals surface area contributed by atoms with Crippen LogP contribution in [0.25, 0.3) is 0 Å². The number of phenolic OH excluding ortho intramolecular Hbond substituents is 1. The average Bonchev–Trinajstić information content (AvgIpc) is 3.48. The Labute approximate surface area is 231 Å². The van der Waals surface area contributed by atoms with Crippen LogP contribution in [0.1, 0.15) is 43.2 Å². The van der Waals surface area contributed by atoms with Crippen molar-refractivity contribution < 1.29 is 28.9 Å². The number of nitrogens with zero attached hydrogens (tertiary/aromatic N) is 4. The molecule has 0 fully saturated rings. The summed E-state index contributed by atoms with van der Waals surface area (Å²) in [6.45, 7) is 6.96. The lowest BCUT2D eigenvalue weighted by Gasteiger charge is -2.24. The standard InChI is InChI=1S/C27H33N5O6S/c1-27(2,3)38-26(34)31-15-18-13-28-32(21(18)16-31)14-17-7-9-20(23(11-17)36-5)25(29-37-6)30-39-24-12-19(33)8-10-22(24)35-4/h7-13,33H,14-16H2,1-6H3,(H,29,30). The van der Waals surface area contributed by atoms with Gasteiger partial charge in [-0.3, -0.25) is 9.58 Å². The topological polar surface area (TPSA) is 120 Å². The number of carbonyl (C=O) groups excluding carboxylic acids is 1. The Balaban J connectivity index is 1.50. The zero-order valence-electron chi connectivity index (χ0n) is 22.8. The quantitative estimate of drug-likeness (QED) is 0.179. The number of ether oxygens (including phenoxy) is 3.